The summed E-state index contributed by atoms with van der Waals surface area (Å²) in [6.07, 6.45) is 3.30. The monoisotopic (exact) mass is 408 g/mol. The molecule has 0 radical (unpaired) electrons. The Balaban J connectivity index is 1.96. The Morgan fingerprint density at radius 1 is 1.04 bits per heavy atom. The molecule has 0 bridgehead atoms. The fraction of sp³-hybridized carbons (Fsp3) is 0.227. The van der Waals surface area contributed by atoms with E-state index in [-0.39, 0.29) is 0 Å². The van der Waals surface area contributed by atoms with Crippen LogP contribution < -0.4 is 4.74 Å². The van der Waals surface area contributed by atoms with Gasteiger partial charge in [0.2, 0.25) is 0 Å². The van der Waals surface area contributed by atoms with Gasteiger partial charge in [-0.05, 0) is 64.5 Å². The van der Waals surface area contributed by atoms with Crippen LogP contribution in [0.2, 0.25) is 0 Å². The average molecular weight is 409 g/mol. The maximum absolute atomic E-state index is 5.27. The lowest BCUT2D eigenvalue weighted by Crippen LogP contribution is -2.01. The number of rotatable bonds is 5. The zero-order valence-electron chi connectivity index (χ0n) is 15.0. The second-order valence-electron chi connectivity index (χ2n) is 6.46. The highest BCUT2D eigenvalue weighted by Crippen LogP contribution is 2.34. The van der Waals surface area contributed by atoms with Gasteiger partial charge in [0.15, 0.2) is 0 Å². The average Bonchev–Trinajstić information content (AvgIpc) is 3.13. The van der Waals surface area contributed by atoms with E-state index in [1.54, 1.807) is 7.11 Å². The third-order valence-electron chi connectivity index (χ3n) is 4.81. The number of nitrogens with zero attached hydrogens (tertiary/aromatic N) is 2. The molecule has 0 atom stereocenters. The number of aromatic nitrogens is 2. The fourth-order valence-corrected chi connectivity index (χ4v) is 4.10. The number of methoxy groups -OCH3 is 1. The van der Waals surface area contributed by atoms with Gasteiger partial charge in [0, 0.05) is 15.4 Å². The summed E-state index contributed by atoms with van der Waals surface area (Å²) in [6.45, 7) is 2.22. The largest absolute Gasteiger partial charge is 0.497 e. The van der Waals surface area contributed by atoms with Crippen LogP contribution in [0.1, 0.15) is 25.5 Å². The van der Waals surface area contributed by atoms with Crippen molar-refractivity contribution in [2.75, 3.05) is 7.11 Å². The zero-order chi connectivity index (χ0) is 18.1. The SMILES string of the molecule is CCCCc1c(Br)c2ccccc2c2cc(-c3ccc(OC)cc3)nn12. The third kappa shape index (κ3) is 2.88. The molecule has 2 aromatic carbocycles. The van der Waals surface area contributed by atoms with Crippen LogP contribution in [0.15, 0.2) is 59.1 Å². The van der Waals surface area contributed by atoms with Gasteiger partial charge in [-0.3, -0.25) is 0 Å². The number of unbranched alkanes of at least 4 members (excludes halogenated alkanes) is 1. The highest BCUT2D eigenvalue weighted by Gasteiger charge is 2.15. The van der Waals surface area contributed by atoms with Gasteiger partial charge in [0.25, 0.3) is 0 Å². The Kier molecular flexibility index (Phi) is 4.68. The van der Waals surface area contributed by atoms with Crippen LogP contribution in [0.3, 0.4) is 0 Å². The number of fused-ring (bicyclic) bond motifs is 3. The first-order valence-corrected chi connectivity index (χ1v) is 9.75. The van der Waals surface area contributed by atoms with Crippen molar-refractivity contribution in [3.63, 3.8) is 0 Å². The summed E-state index contributed by atoms with van der Waals surface area (Å²) in [5.74, 6) is 0.856. The van der Waals surface area contributed by atoms with E-state index in [0.29, 0.717) is 0 Å². The van der Waals surface area contributed by atoms with Crippen molar-refractivity contribution >= 4 is 32.2 Å². The minimum atomic E-state index is 0.856. The zero-order valence-corrected chi connectivity index (χ0v) is 16.6. The fourth-order valence-electron chi connectivity index (χ4n) is 3.39. The van der Waals surface area contributed by atoms with Crippen LogP contribution >= 0.6 is 15.9 Å². The molecule has 2 aromatic heterocycles. The van der Waals surface area contributed by atoms with Gasteiger partial charge in [-0.25, -0.2) is 4.52 Å². The van der Waals surface area contributed by atoms with E-state index < -0.39 is 0 Å². The van der Waals surface area contributed by atoms with Crippen molar-refractivity contribution in [3.8, 4) is 17.0 Å². The molecule has 132 valence electrons. The maximum atomic E-state index is 5.27. The first-order chi connectivity index (χ1) is 12.7. The summed E-state index contributed by atoms with van der Waals surface area (Å²) in [5, 5.41) is 7.41. The van der Waals surface area contributed by atoms with E-state index in [1.165, 1.54) is 16.5 Å². The summed E-state index contributed by atoms with van der Waals surface area (Å²) in [5.41, 5.74) is 4.46. The standard InChI is InChI=1S/C22H21BrN2O/c1-3-4-9-20-22(23)18-8-6-5-7-17(18)21-14-19(24-25(20)21)15-10-12-16(26-2)13-11-15/h5-8,10-14H,3-4,9H2,1-2H3. The predicted molar refractivity (Wildman–Crippen MR) is 111 cm³/mol. The van der Waals surface area contributed by atoms with Crippen LogP contribution in [0.4, 0.5) is 0 Å². The number of hydrogen-bond donors (Lipinski definition) is 0. The second kappa shape index (κ2) is 7.12. The minimum absolute atomic E-state index is 0.856. The molecule has 0 N–H and O–H groups in total. The molecule has 0 unspecified atom stereocenters. The molecule has 0 amide bonds. The van der Waals surface area contributed by atoms with E-state index >= 15 is 0 Å². The minimum Gasteiger partial charge on any atom is -0.497 e. The molecule has 0 aliphatic rings. The van der Waals surface area contributed by atoms with E-state index in [1.807, 2.05) is 12.1 Å². The highest BCUT2D eigenvalue weighted by molar-refractivity contribution is 9.10. The number of aryl methyl sites for hydroxylation is 1. The Hall–Kier alpha value is -2.33. The van der Waals surface area contributed by atoms with Gasteiger partial charge >= 0.3 is 0 Å². The lowest BCUT2D eigenvalue weighted by atomic mass is 10.1. The van der Waals surface area contributed by atoms with Crippen molar-refractivity contribution in [2.45, 2.75) is 26.2 Å². The molecule has 2 heterocycles. The molecule has 0 saturated carbocycles. The number of ether oxygens (including phenoxy) is 1. The number of hydrogen-bond acceptors (Lipinski definition) is 2. The summed E-state index contributed by atoms with van der Waals surface area (Å²) < 4.78 is 8.53. The molecule has 4 heteroatoms. The van der Waals surface area contributed by atoms with E-state index in [9.17, 15) is 0 Å². The highest BCUT2D eigenvalue weighted by atomic mass is 79.9. The van der Waals surface area contributed by atoms with E-state index in [0.717, 1.165) is 46.3 Å². The van der Waals surface area contributed by atoms with Crippen molar-refractivity contribution in [1.29, 1.82) is 0 Å². The summed E-state index contributed by atoms with van der Waals surface area (Å²) in [7, 11) is 1.68. The first kappa shape index (κ1) is 17.1. The predicted octanol–water partition coefficient (Wildman–Crippen LogP) is 6.27. The summed E-state index contributed by atoms with van der Waals surface area (Å²) in [4.78, 5) is 0. The van der Waals surface area contributed by atoms with Gasteiger partial charge in [0.05, 0.1) is 24.0 Å². The molecule has 0 aliphatic carbocycles. The Labute approximate surface area is 161 Å². The van der Waals surface area contributed by atoms with Crippen LogP contribution in [0, 0.1) is 0 Å². The Bertz CT molecular complexity index is 1070. The second-order valence-corrected chi connectivity index (χ2v) is 7.26. The van der Waals surface area contributed by atoms with E-state index in [4.69, 9.17) is 9.84 Å². The summed E-state index contributed by atoms with van der Waals surface area (Å²) >= 11 is 3.84. The molecule has 0 spiro atoms. The lowest BCUT2D eigenvalue weighted by molar-refractivity contribution is 0.415. The van der Waals surface area contributed by atoms with Crippen molar-refractivity contribution in [3.05, 3.63) is 64.8 Å². The molecule has 26 heavy (non-hydrogen) atoms. The topological polar surface area (TPSA) is 26.5 Å². The van der Waals surface area contributed by atoms with Gasteiger partial charge < -0.3 is 4.74 Å². The van der Waals surface area contributed by atoms with Gasteiger partial charge in [-0.2, -0.15) is 5.10 Å². The first-order valence-electron chi connectivity index (χ1n) is 8.96. The van der Waals surface area contributed by atoms with Crippen LogP contribution in [0.5, 0.6) is 5.75 Å². The Morgan fingerprint density at radius 2 is 1.77 bits per heavy atom. The lowest BCUT2D eigenvalue weighted by Gasteiger charge is -2.11. The molecular formula is C22H21BrN2O. The molecule has 0 fully saturated rings. The van der Waals surface area contributed by atoms with Gasteiger partial charge in [-0.15, -0.1) is 0 Å². The third-order valence-corrected chi connectivity index (χ3v) is 5.70. The molecule has 0 saturated heterocycles. The molecule has 3 nitrogen and oxygen atoms in total. The Morgan fingerprint density at radius 3 is 2.46 bits per heavy atom. The van der Waals surface area contributed by atoms with Crippen molar-refractivity contribution in [2.24, 2.45) is 0 Å². The normalized spacial score (nSPS) is 11.3. The van der Waals surface area contributed by atoms with E-state index in [2.05, 4.69) is 69.8 Å². The van der Waals surface area contributed by atoms with Gasteiger partial charge in [0.1, 0.15) is 5.75 Å². The van der Waals surface area contributed by atoms with Crippen molar-refractivity contribution in [1.82, 2.24) is 9.61 Å². The smallest absolute Gasteiger partial charge is 0.118 e. The summed E-state index contributed by atoms with van der Waals surface area (Å²) in [6, 6.07) is 18.8. The molecular weight excluding hydrogens is 388 g/mol. The quantitative estimate of drug-likeness (QED) is 0.389. The van der Waals surface area contributed by atoms with Gasteiger partial charge in [-0.1, -0.05) is 37.6 Å². The van der Waals surface area contributed by atoms with Crippen LogP contribution in [0.25, 0.3) is 27.5 Å². The number of benzene rings is 2. The molecule has 0 aliphatic heterocycles. The van der Waals surface area contributed by atoms with Crippen LogP contribution in [-0.4, -0.2) is 16.7 Å². The number of halogens is 1. The maximum Gasteiger partial charge on any atom is 0.118 e. The molecule has 4 aromatic rings. The van der Waals surface area contributed by atoms with Crippen LogP contribution in [-0.2, 0) is 6.42 Å². The van der Waals surface area contributed by atoms with Crippen molar-refractivity contribution < 1.29 is 4.74 Å². The number of pyridine rings is 1. The molecule has 4 rings (SSSR count).